The van der Waals surface area contributed by atoms with Gasteiger partial charge in [-0.05, 0) is 24.5 Å². The fraction of sp³-hybridized carbons (Fsp3) is 1.00. The predicted octanol–water partition coefficient (Wildman–Crippen LogP) is 1.14. The molecule has 66 valence electrons. The Balaban J connectivity index is 2.05. The molecule has 1 fully saturated rings. The number of aliphatic hydroxyl groups excluding tert-OH is 1. The van der Waals surface area contributed by atoms with E-state index in [0.29, 0.717) is 5.92 Å². The second kappa shape index (κ2) is 5.01. The van der Waals surface area contributed by atoms with Crippen molar-refractivity contribution in [1.82, 2.24) is 0 Å². The fourth-order valence-corrected chi connectivity index (χ4v) is 2.69. The van der Waals surface area contributed by atoms with Crippen molar-refractivity contribution in [2.24, 2.45) is 5.92 Å². The minimum Gasteiger partial charge on any atom is -0.392 e. The molecule has 0 saturated carbocycles. The summed E-state index contributed by atoms with van der Waals surface area (Å²) in [6.07, 6.45) is 2.14. The molecule has 0 radical (unpaired) electrons. The second-order valence-electron chi connectivity index (χ2n) is 3.00. The Morgan fingerprint density at radius 3 is 2.91 bits per heavy atom. The highest BCUT2D eigenvalue weighted by Crippen LogP contribution is 2.27. The maximum atomic E-state index is 9.43. The lowest BCUT2D eigenvalue weighted by Crippen LogP contribution is -2.17. The summed E-state index contributed by atoms with van der Waals surface area (Å²) in [4.78, 5) is 0. The number of methoxy groups -OCH3 is 1. The molecule has 3 heteroatoms. The Morgan fingerprint density at radius 1 is 1.55 bits per heavy atom. The first-order valence-electron chi connectivity index (χ1n) is 4.09. The highest BCUT2D eigenvalue weighted by atomic mass is 32.2. The summed E-state index contributed by atoms with van der Waals surface area (Å²) in [6.45, 7) is 0.827. The second-order valence-corrected chi connectivity index (χ2v) is 4.07. The van der Waals surface area contributed by atoms with E-state index in [0.717, 1.165) is 31.0 Å². The minimum atomic E-state index is -0.0585. The molecule has 1 N–H and O–H groups in total. The average molecular weight is 176 g/mol. The third-order valence-corrected chi connectivity index (χ3v) is 3.33. The monoisotopic (exact) mass is 176 g/mol. The molecule has 11 heavy (non-hydrogen) atoms. The average Bonchev–Trinajstić information content (AvgIpc) is 2.37. The van der Waals surface area contributed by atoms with Gasteiger partial charge in [-0.3, -0.25) is 0 Å². The van der Waals surface area contributed by atoms with Gasteiger partial charge in [-0.25, -0.2) is 0 Å². The van der Waals surface area contributed by atoms with Gasteiger partial charge in [-0.1, -0.05) is 0 Å². The van der Waals surface area contributed by atoms with Crippen LogP contribution in [0.25, 0.3) is 0 Å². The van der Waals surface area contributed by atoms with E-state index in [1.165, 1.54) is 0 Å². The van der Waals surface area contributed by atoms with Gasteiger partial charge in [0.2, 0.25) is 0 Å². The molecular formula is C8H16O2S. The van der Waals surface area contributed by atoms with Crippen LogP contribution in [0.2, 0.25) is 0 Å². The largest absolute Gasteiger partial charge is 0.392 e. The van der Waals surface area contributed by atoms with Crippen LogP contribution in [0.1, 0.15) is 12.8 Å². The first-order chi connectivity index (χ1) is 5.34. The lowest BCUT2D eigenvalue weighted by atomic mass is 10.0. The lowest BCUT2D eigenvalue weighted by molar-refractivity contribution is 0.130. The third-order valence-electron chi connectivity index (χ3n) is 2.09. The molecule has 1 saturated heterocycles. The van der Waals surface area contributed by atoms with E-state index in [1.807, 2.05) is 11.8 Å². The number of hydrogen-bond acceptors (Lipinski definition) is 3. The van der Waals surface area contributed by atoms with Crippen LogP contribution in [0.4, 0.5) is 0 Å². The van der Waals surface area contributed by atoms with E-state index in [-0.39, 0.29) is 6.10 Å². The van der Waals surface area contributed by atoms with Crippen LogP contribution < -0.4 is 0 Å². The Hall–Kier alpha value is 0.270. The SMILES string of the molecule is COCCCC1CSCC1O. The maximum absolute atomic E-state index is 9.43. The first-order valence-corrected chi connectivity index (χ1v) is 5.25. The van der Waals surface area contributed by atoms with Gasteiger partial charge in [0, 0.05) is 19.5 Å². The van der Waals surface area contributed by atoms with Gasteiger partial charge in [0.1, 0.15) is 0 Å². The van der Waals surface area contributed by atoms with E-state index in [9.17, 15) is 5.11 Å². The Kier molecular flexibility index (Phi) is 4.26. The third kappa shape index (κ3) is 3.01. The lowest BCUT2D eigenvalue weighted by Gasteiger charge is -2.11. The molecule has 0 aromatic rings. The van der Waals surface area contributed by atoms with Gasteiger partial charge in [0.25, 0.3) is 0 Å². The van der Waals surface area contributed by atoms with E-state index >= 15 is 0 Å². The van der Waals surface area contributed by atoms with Crippen molar-refractivity contribution >= 4 is 11.8 Å². The standard InChI is InChI=1S/C8H16O2S/c1-10-4-2-3-7-5-11-6-8(7)9/h7-9H,2-6H2,1H3. The number of ether oxygens (including phenoxy) is 1. The molecule has 1 aliphatic rings. The molecule has 0 aromatic carbocycles. The molecule has 1 aliphatic heterocycles. The van der Waals surface area contributed by atoms with Crippen LogP contribution in [0.5, 0.6) is 0 Å². The zero-order valence-electron chi connectivity index (χ0n) is 6.95. The molecule has 2 nitrogen and oxygen atoms in total. The van der Waals surface area contributed by atoms with Crippen molar-refractivity contribution in [2.45, 2.75) is 18.9 Å². The van der Waals surface area contributed by atoms with E-state index < -0.39 is 0 Å². The number of rotatable bonds is 4. The van der Waals surface area contributed by atoms with Crippen LogP contribution in [0, 0.1) is 5.92 Å². The van der Waals surface area contributed by atoms with E-state index in [4.69, 9.17) is 4.74 Å². The van der Waals surface area contributed by atoms with Crippen molar-refractivity contribution in [3.05, 3.63) is 0 Å². The summed E-state index contributed by atoms with van der Waals surface area (Å²) in [5, 5.41) is 9.43. The summed E-state index contributed by atoms with van der Waals surface area (Å²) < 4.78 is 4.95. The first kappa shape index (κ1) is 9.36. The zero-order valence-corrected chi connectivity index (χ0v) is 7.77. The molecule has 0 spiro atoms. The molecule has 1 heterocycles. The van der Waals surface area contributed by atoms with Crippen LogP contribution in [-0.2, 0) is 4.74 Å². The van der Waals surface area contributed by atoms with Crippen molar-refractivity contribution in [1.29, 1.82) is 0 Å². The van der Waals surface area contributed by atoms with Crippen LogP contribution >= 0.6 is 11.8 Å². The number of aliphatic hydroxyl groups is 1. The Morgan fingerprint density at radius 2 is 2.36 bits per heavy atom. The molecule has 0 aromatic heterocycles. The van der Waals surface area contributed by atoms with Gasteiger partial charge < -0.3 is 9.84 Å². The summed E-state index contributed by atoms with van der Waals surface area (Å²) >= 11 is 1.86. The van der Waals surface area contributed by atoms with Crippen LogP contribution in [0.15, 0.2) is 0 Å². The van der Waals surface area contributed by atoms with Gasteiger partial charge >= 0.3 is 0 Å². The molecule has 0 amide bonds. The van der Waals surface area contributed by atoms with Crippen molar-refractivity contribution < 1.29 is 9.84 Å². The van der Waals surface area contributed by atoms with Crippen molar-refractivity contribution in [2.75, 3.05) is 25.2 Å². The minimum absolute atomic E-state index is 0.0585. The summed E-state index contributed by atoms with van der Waals surface area (Å²) in [6, 6.07) is 0. The summed E-state index contributed by atoms with van der Waals surface area (Å²) in [5.74, 6) is 2.58. The van der Waals surface area contributed by atoms with Crippen LogP contribution in [-0.4, -0.2) is 36.4 Å². The smallest absolute Gasteiger partial charge is 0.0666 e. The summed E-state index contributed by atoms with van der Waals surface area (Å²) in [7, 11) is 1.72. The van der Waals surface area contributed by atoms with Crippen LogP contribution in [0.3, 0.4) is 0 Å². The van der Waals surface area contributed by atoms with Gasteiger partial charge in [-0.2, -0.15) is 11.8 Å². The normalized spacial score (nSPS) is 31.1. The summed E-state index contributed by atoms with van der Waals surface area (Å²) in [5.41, 5.74) is 0. The van der Waals surface area contributed by atoms with Gasteiger partial charge in [-0.15, -0.1) is 0 Å². The molecule has 2 atom stereocenters. The Labute approximate surface area is 72.3 Å². The molecule has 2 unspecified atom stereocenters. The molecule has 0 aliphatic carbocycles. The highest BCUT2D eigenvalue weighted by molar-refractivity contribution is 7.99. The molecular weight excluding hydrogens is 160 g/mol. The number of thioether (sulfide) groups is 1. The van der Waals surface area contributed by atoms with Crippen molar-refractivity contribution in [3.8, 4) is 0 Å². The zero-order chi connectivity index (χ0) is 8.10. The number of hydrogen-bond donors (Lipinski definition) is 1. The van der Waals surface area contributed by atoms with E-state index in [1.54, 1.807) is 7.11 Å². The predicted molar refractivity (Wildman–Crippen MR) is 47.9 cm³/mol. The fourth-order valence-electron chi connectivity index (χ4n) is 1.35. The van der Waals surface area contributed by atoms with E-state index in [2.05, 4.69) is 0 Å². The quantitative estimate of drug-likeness (QED) is 0.651. The molecule has 1 rings (SSSR count). The van der Waals surface area contributed by atoms with Crippen molar-refractivity contribution in [3.63, 3.8) is 0 Å². The van der Waals surface area contributed by atoms with Gasteiger partial charge in [0.15, 0.2) is 0 Å². The molecule has 0 bridgehead atoms. The topological polar surface area (TPSA) is 29.5 Å². The van der Waals surface area contributed by atoms with Gasteiger partial charge in [0.05, 0.1) is 6.10 Å². The maximum Gasteiger partial charge on any atom is 0.0666 e. The Bertz CT molecular complexity index is 108. The highest BCUT2D eigenvalue weighted by Gasteiger charge is 2.24.